The first-order chi connectivity index (χ1) is 5.75. The van der Waals surface area contributed by atoms with E-state index in [2.05, 4.69) is 10.2 Å². The van der Waals surface area contributed by atoms with Crippen molar-refractivity contribution in [2.24, 2.45) is 0 Å². The number of carbonyl (C=O) groups is 1. The van der Waals surface area contributed by atoms with E-state index in [4.69, 9.17) is 5.11 Å². The molecule has 5 nitrogen and oxygen atoms in total. The van der Waals surface area contributed by atoms with E-state index in [0.29, 0.717) is 6.54 Å². The van der Waals surface area contributed by atoms with E-state index in [1.807, 2.05) is 6.92 Å². The number of aromatic nitrogens is 3. The largest absolute Gasteiger partial charge is 0.475 e. The Morgan fingerprint density at radius 2 is 2.50 bits per heavy atom. The molecule has 0 saturated carbocycles. The molecule has 1 aromatic heterocycles. The van der Waals surface area contributed by atoms with E-state index in [9.17, 15) is 4.79 Å². The average Bonchev–Trinajstić information content (AvgIpc) is 2.48. The lowest BCUT2D eigenvalue weighted by molar-refractivity contribution is 0.0677. The summed E-state index contributed by atoms with van der Waals surface area (Å²) in [5.41, 5.74) is 0. The molecule has 0 aliphatic heterocycles. The number of rotatable bonds is 4. The summed E-state index contributed by atoms with van der Waals surface area (Å²) >= 11 is 0. The molecule has 0 saturated heterocycles. The summed E-state index contributed by atoms with van der Waals surface area (Å²) in [6.07, 6.45) is 3.41. The van der Waals surface area contributed by atoms with Gasteiger partial charge in [0.15, 0.2) is 0 Å². The van der Waals surface area contributed by atoms with Crippen molar-refractivity contribution in [2.75, 3.05) is 0 Å². The Hall–Kier alpha value is -1.39. The van der Waals surface area contributed by atoms with Gasteiger partial charge in [0.25, 0.3) is 0 Å². The lowest BCUT2D eigenvalue weighted by Crippen LogP contribution is -2.09. The van der Waals surface area contributed by atoms with E-state index in [-0.39, 0.29) is 5.82 Å². The van der Waals surface area contributed by atoms with Crippen molar-refractivity contribution >= 4 is 5.97 Å². The van der Waals surface area contributed by atoms with Gasteiger partial charge in [0.2, 0.25) is 5.82 Å². The first kappa shape index (κ1) is 8.70. The molecular weight excluding hydrogens is 158 g/mol. The monoisotopic (exact) mass is 169 g/mol. The highest BCUT2D eigenvalue weighted by Gasteiger charge is 2.10. The molecule has 66 valence electrons. The number of hydrogen-bond acceptors (Lipinski definition) is 3. The van der Waals surface area contributed by atoms with Crippen LogP contribution in [-0.2, 0) is 6.54 Å². The van der Waals surface area contributed by atoms with Crippen LogP contribution in [0.4, 0.5) is 0 Å². The molecule has 1 heterocycles. The Morgan fingerprint density at radius 1 is 1.75 bits per heavy atom. The number of aromatic carboxylic acids is 1. The van der Waals surface area contributed by atoms with Gasteiger partial charge >= 0.3 is 5.97 Å². The van der Waals surface area contributed by atoms with Gasteiger partial charge in [0.1, 0.15) is 6.33 Å². The summed E-state index contributed by atoms with van der Waals surface area (Å²) < 4.78 is 1.55. The Morgan fingerprint density at radius 3 is 3.08 bits per heavy atom. The first-order valence-corrected chi connectivity index (χ1v) is 3.86. The zero-order valence-electron chi connectivity index (χ0n) is 6.90. The van der Waals surface area contributed by atoms with Gasteiger partial charge in [-0.2, -0.15) is 0 Å². The van der Waals surface area contributed by atoms with E-state index in [1.54, 1.807) is 4.57 Å². The second-order valence-electron chi connectivity index (χ2n) is 2.51. The molecule has 0 bridgehead atoms. The second-order valence-corrected chi connectivity index (χ2v) is 2.51. The van der Waals surface area contributed by atoms with E-state index < -0.39 is 5.97 Å². The summed E-state index contributed by atoms with van der Waals surface area (Å²) in [5.74, 6) is -1.01. The van der Waals surface area contributed by atoms with Gasteiger partial charge in [-0.25, -0.2) is 4.79 Å². The average molecular weight is 169 g/mol. The van der Waals surface area contributed by atoms with Crippen LogP contribution < -0.4 is 0 Å². The maximum atomic E-state index is 10.5. The highest BCUT2D eigenvalue weighted by molar-refractivity contribution is 5.83. The van der Waals surface area contributed by atoms with Crippen LogP contribution in [0.15, 0.2) is 6.33 Å². The molecule has 5 heteroatoms. The molecule has 0 atom stereocenters. The zero-order chi connectivity index (χ0) is 8.97. The van der Waals surface area contributed by atoms with Crippen molar-refractivity contribution in [3.8, 4) is 0 Å². The molecule has 0 unspecified atom stereocenters. The van der Waals surface area contributed by atoms with Crippen LogP contribution in [0.2, 0.25) is 0 Å². The minimum atomic E-state index is -1.02. The summed E-state index contributed by atoms with van der Waals surface area (Å²) in [5, 5.41) is 15.6. The fraction of sp³-hybridized carbons (Fsp3) is 0.571. The Balaban J connectivity index is 2.70. The number of aryl methyl sites for hydroxylation is 1. The van der Waals surface area contributed by atoms with Gasteiger partial charge in [0.05, 0.1) is 0 Å². The molecule has 0 amide bonds. The number of nitrogens with zero attached hydrogens (tertiary/aromatic N) is 3. The van der Waals surface area contributed by atoms with Crippen molar-refractivity contribution in [1.29, 1.82) is 0 Å². The molecule has 1 aromatic rings. The molecule has 0 aliphatic carbocycles. The predicted molar refractivity (Wildman–Crippen MR) is 41.9 cm³/mol. The Bertz CT molecular complexity index is 269. The van der Waals surface area contributed by atoms with Gasteiger partial charge in [-0.1, -0.05) is 13.3 Å². The fourth-order valence-electron chi connectivity index (χ4n) is 0.913. The number of hydrogen-bond donors (Lipinski definition) is 1. The smallest absolute Gasteiger partial charge is 0.374 e. The van der Waals surface area contributed by atoms with Crippen LogP contribution >= 0.6 is 0 Å². The third kappa shape index (κ3) is 1.81. The third-order valence-corrected chi connectivity index (χ3v) is 1.56. The van der Waals surface area contributed by atoms with Crippen molar-refractivity contribution in [3.05, 3.63) is 12.2 Å². The van der Waals surface area contributed by atoms with Gasteiger partial charge in [-0.05, 0) is 6.42 Å². The minimum absolute atomic E-state index is 0.0171. The van der Waals surface area contributed by atoms with Crippen molar-refractivity contribution < 1.29 is 9.90 Å². The molecule has 0 aliphatic rings. The van der Waals surface area contributed by atoms with Crippen LogP contribution in [-0.4, -0.2) is 25.8 Å². The molecule has 0 aromatic carbocycles. The molecular formula is C7H11N3O2. The van der Waals surface area contributed by atoms with E-state index in [1.165, 1.54) is 6.33 Å². The summed E-state index contributed by atoms with van der Waals surface area (Å²) in [7, 11) is 0. The normalized spacial score (nSPS) is 10.1. The maximum absolute atomic E-state index is 10.5. The molecule has 0 fully saturated rings. The first-order valence-electron chi connectivity index (χ1n) is 3.86. The predicted octanol–water partition coefficient (Wildman–Crippen LogP) is 0.776. The van der Waals surface area contributed by atoms with Crippen LogP contribution in [0.25, 0.3) is 0 Å². The zero-order valence-corrected chi connectivity index (χ0v) is 6.90. The van der Waals surface area contributed by atoms with Crippen molar-refractivity contribution in [2.45, 2.75) is 26.3 Å². The van der Waals surface area contributed by atoms with Gasteiger partial charge in [-0.3, -0.25) is 0 Å². The molecule has 0 spiro atoms. The molecule has 1 N–H and O–H groups in total. The Labute approximate surface area is 70.0 Å². The maximum Gasteiger partial charge on any atom is 0.374 e. The molecule has 0 radical (unpaired) electrons. The van der Waals surface area contributed by atoms with Crippen LogP contribution in [0.5, 0.6) is 0 Å². The van der Waals surface area contributed by atoms with Crippen molar-refractivity contribution in [3.63, 3.8) is 0 Å². The topological polar surface area (TPSA) is 68.0 Å². The highest BCUT2D eigenvalue weighted by atomic mass is 16.4. The Kier molecular flexibility index (Phi) is 2.79. The SMILES string of the molecule is CCCCn1cnnc1C(=O)O. The number of carboxylic acid groups (broad SMARTS) is 1. The minimum Gasteiger partial charge on any atom is -0.475 e. The quantitative estimate of drug-likeness (QED) is 0.723. The number of carboxylic acids is 1. The highest BCUT2D eigenvalue weighted by Crippen LogP contribution is 1.98. The third-order valence-electron chi connectivity index (χ3n) is 1.56. The molecule has 12 heavy (non-hydrogen) atoms. The van der Waals surface area contributed by atoms with Crippen LogP contribution in [0.1, 0.15) is 30.4 Å². The van der Waals surface area contributed by atoms with Crippen LogP contribution in [0, 0.1) is 0 Å². The van der Waals surface area contributed by atoms with E-state index >= 15 is 0 Å². The van der Waals surface area contributed by atoms with Gasteiger partial charge in [-0.15, -0.1) is 10.2 Å². The van der Waals surface area contributed by atoms with Gasteiger partial charge < -0.3 is 9.67 Å². The lowest BCUT2D eigenvalue weighted by atomic mass is 10.3. The van der Waals surface area contributed by atoms with Gasteiger partial charge in [0, 0.05) is 6.54 Å². The second kappa shape index (κ2) is 3.85. The van der Waals surface area contributed by atoms with E-state index in [0.717, 1.165) is 12.8 Å². The summed E-state index contributed by atoms with van der Waals surface area (Å²) in [6.45, 7) is 2.72. The summed E-state index contributed by atoms with van der Waals surface area (Å²) in [4.78, 5) is 10.5. The van der Waals surface area contributed by atoms with Crippen molar-refractivity contribution in [1.82, 2.24) is 14.8 Å². The summed E-state index contributed by atoms with van der Waals surface area (Å²) in [6, 6.07) is 0. The van der Waals surface area contributed by atoms with Crippen LogP contribution in [0.3, 0.4) is 0 Å². The number of unbranched alkanes of at least 4 members (excludes halogenated alkanes) is 1. The fourth-order valence-corrected chi connectivity index (χ4v) is 0.913. The standard InChI is InChI=1S/C7H11N3O2/c1-2-3-4-10-5-8-9-6(10)7(11)12/h5H,2-4H2,1H3,(H,11,12). The lowest BCUT2D eigenvalue weighted by Gasteiger charge is -2.00. The molecule has 1 rings (SSSR count).